The van der Waals surface area contributed by atoms with Crippen molar-refractivity contribution in [3.05, 3.63) is 24.0 Å². The predicted octanol–water partition coefficient (Wildman–Crippen LogP) is 1.55. The van der Waals surface area contributed by atoms with Gasteiger partial charge in [-0.1, -0.05) is 0 Å². The van der Waals surface area contributed by atoms with Crippen molar-refractivity contribution >= 4 is 23.6 Å². The molecular weight excluding hydrogens is 319 g/mol. The van der Waals surface area contributed by atoms with Crippen molar-refractivity contribution in [3.8, 4) is 5.75 Å². The molecule has 2 heterocycles. The van der Waals surface area contributed by atoms with E-state index in [1.807, 2.05) is 0 Å². The number of amides is 3. The molecule has 2 atom stereocenters. The first kappa shape index (κ1) is 16.2. The summed E-state index contributed by atoms with van der Waals surface area (Å²) in [4.78, 5) is 39.2. The van der Waals surface area contributed by atoms with Crippen LogP contribution < -0.4 is 9.64 Å². The minimum atomic E-state index is -0.722. The van der Waals surface area contributed by atoms with Crippen molar-refractivity contribution in [2.45, 2.75) is 18.9 Å². The summed E-state index contributed by atoms with van der Waals surface area (Å²) in [7, 11) is 2.63. The van der Waals surface area contributed by atoms with Gasteiger partial charge in [-0.3, -0.25) is 9.59 Å². The quantitative estimate of drug-likeness (QED) is 0.618. The second-order valence-corrected chi connectivity index (χ2v) is 5.73. The van der Waals surface area contributed by atoms with Crippen LogP contribution in [-0.4, -0.2) is 49.6 Å². The standard InChI is InChI=1S/C16H17FN2O5/c1-23-13-4-3-10(8-11(13)17)19-14(20)12-7-9(15(21)24-2)5-6-18(12)16(19)22/h3-4,8-9,12H,5-7H2,1-2H3. The lowest BCUT2D eigenvalue weighted by atomic mass is 9.91. The van der Waals surface area contributed by atoms with Crippen LogP contribution in [-0.2, 0) is 14.3 Å². The molecule has 7 nitrogen and oxygen atoms in total. The Morgan fingerprint density at radius 1 is 1.29 bits per heavy atom. The summed E-state index contributed by atoms with van der Waals surface area (Å²) in [6.45, 7) is 0.282. The lowest BCUT2D eigenvalue weighted by molar-refractivity contribution is -0.147. The molecule has 0 N–H and O–H groups in total. The van der Waals surface area contributed by atoms with Gasteiger partial charge in [0.1, 0.15) is 6.04 Å². The predicted molar refractivity (Wildman–Crippen MR) is 81.1 cm³/mol. The van der Waals surface area contributed by atoms with Crippen LogP contribution >= 0.6 is 0 Å². The number of methoxy groups -OCH3 is 2. The number of fused-ring (bicyclic) bond motifs is 1. The summed E-state index contributed by atoms with van der Waals surface area (Å²) >= 11 is 0. The van der Waals surface area contributed by atoms with Crippen molar-refractivity contribution in [2.24, 2.45) is 5.92 Å². The molecule has 3 amide bonds. The van der Waals surface area contributed by atoms with Gasteiger partial charge in [-0.05, 0) is 25.0 Å². The van der Waals surface area contributed by atoms with Crippen LogP contribution in [0.3, 0.4) is 0 Å². The van der Waals surface area contributed by atoms with Gasteiger partial charge in [0.25, 0.3) is 5.91 Å². The van der Waals surface area contributed by atoms with Crippen LogP contribution in [0.4, 0.5) is 14.9 Å². The number of halogens is 1. The number of hydrogen-bond acceptors (Lipinski definition) is 5. The number of carbonyl (C=O) groups is 3. The van der Waals surface area contributed by atoms with Crippen LogP contribution in [0.5, 0.6) is 5.75 Å². The maximum atomic E-state index is 13.9. The fraction of sp³-hybridized carbons (Fsp3) is 0.438. The van der Waals surface area contributed by atoms with Crippen molar-refractivity contribution in [1.29, 1.82) is 0 Å². The highest BCUT2D eigenvalue weighted by Gasteiger charge is 2.49. The summed E-state index contributed by atoms with van der Waals surface area (Å²) in [6, 6.07) is 2.68. The van der Waals surface area contributed by atoms with E-state index in [2.05, 4.69) is 0 Å². The van der Waals surface area contributed by atoms with E-state index in [0.29, 0.717) is 6.42 Å². The number of rotatable bonds is 3. The summed E-state index contributed by atoms with van der Waals surface area (Å²) in [5, 5.41) is 0. The van der Waals surface area contributed by atoms with Crippen LogP contribution in [0.15, 0.2) is 18.2 Å². The third kappa shape index (κ3) is 2.47. The topological polar surface area (TPSA) is 76.2 Å². The van der Waals surface area contributed by atoms with Gasteiger partial charge >= 0.3 is 12.0 Å². The van der Waals surface area contributed by atoms with Crippen LogP contribution in [0.2, 0.25) is 0 Å². The number of nitrogens with zero attached hydrogens (tertiary/aromatic N) is 2. The van der Waals surface area contributed by atoms with E-state index in [0.717, 1.165) is 11.0 Å². The molecule has 0 aliphatic carbocycles. The number of urea groups is 1. The van der Waals surface area contributed by atoms with E-state index in [1.165, 1.54) is 31.3 Å². The van der Waals surface area contributed by atoms with Crippen LogP contribution in [0.1, 0.15) is 12.8 Å². The van der Waals surface area contributed by atoms with E-state index in [4.69, 9.17) is 9.47 Å². The molecule has 0 spiro atoms. The summed E-state index contributed by atoms with van der Waals surface area (Å²) in [6.07, 6.45) is 0.652. The Bertz CT molecular complexity index is 708. The molecule has 1 aromatic carbocycles. The van der Waals surface area contributed by atoms with Gasteiger partial charge in [-0.2, -0.15) is 0 Å². The van der Waals surface area contributed by atoms with Gasteiger partial charge in [0.2, 0.25) is 0 Å². The molecule has 24 heavy (non-hydrogen) atoms. The number of imide groups is 1. The Morgan fingerprint density at radius 3 is 2.67 bits per heavy atom. The van der Waals surface area contributed by atoms with Gasteiger partial charge in [0, 0.05) is 12.6 Å². The van der Waals surface area contributed by atoms with Crippen molar-refractivity contribution in [2.75, 3.05) is 25.7 Å². The maximum Gasteiger partial charge on any atom is 0.332 e. The SMILES string of the molecule is COC(=O)C1CCN2C(=O)N(c3ccc(OC)c(F)c3)C(=O)C2C1. The fourth-order valence-electron chi connectivity index (χ4n) is 3.21. The van der Waals surface area contributed by atoms with Crippen molar-refractivity contribution in [3.63, 3.8) is 0 Å². The van der Waals surface area contributed by atoms with Gasteiger partial charge in [-0.15, -0.1) is 0 Å². The van der Waals surface area contributed by atoms with Crippen molar-refractivity contribution < 1.29 is 28.2 Å². The smallest absolute Gasteiger partial charge is 0.332 e. The van der Waals surface area contributed by atoms with E-state index >= 15 is 0 Å². The molecule has 2 saturated heterocycles. The largest absolute Gasteiger partial charge is 0.494 e. The average Bonchev–Trinajstić information content (AvgIpc) is 2.84. The summed E-state index contributed by atoms with van der Waals surface area (Å²) in [5.74, 6) is -1.89. The third-order valence-electron chi connectivity index (χ3n) is 4.47. The zero-order chi connectivity index (χ0) is 17.4. The molecular formula is C16H17FN2O5. The highest BCUT2D eigenvalue weighted by molar-refractivity contribution is 6.21. The molecule has 1 aromatic rings. The highest BCUT2D eigenvalue weighted by atomic mass is 19.1. The minimum absolute atomic E-state index is 0.0290. The summed E-state index contributed by atoms with van der Waals surface area (Å²) < 4.78 is 23.5. The molecule has 2 aliphatic rings. The van der Waals surface area contributed by atoms with Gasteiger partial charge < -0.3 is 14.4 Å². The molecule has 2 aliphatic heterocycles. The normalized spacial score (nSPS) is 23.3. The Hall–Kier alpha value is -2.64. The molecule has 3 rings (SSSR count). The Labute approximate surface area is 137 Å². The number of piperidine rings is 1. The molecule has 0 bridgehead atoms. The first-order chi connectivity index (χ1) is 11.5. The first-order valence-corrected chi connectivity index (χ1v) is 7.54. The summed E-state index contributed by atoms with van der Waals surface area (Å²) in [5.41, 5.74) is 0.146. The fourth-order valence-corrected chi connectivity index (χ4v) is 3.21. The molecule has 2 unspecified atom stereocenters. The monoisotopic (exact) mass is 336 g/mol. The number of hydrogen-bond donors (Lipinski definition) is 0. The lowest BCUT2D eigenvalue weighted by Gasteiger charge is -2.30. The number of anilines is 1. The first-order valence-electron chi connectivity index (χ1n) is 7.54. The van der Waals surface area contributed by atoms with Crippen LogP contribution in [0.25, 0.3) is 0 Å². The number of benzene rings is 1. The number of esters is 1. The van der Waals surface area contributed by atoms with E-state index in [9.17, 15) is 18.8 Å². The zero-order valence-corrected chi connectivity index (χ0v) is 13.3. The maximum absolute atomic E-state index is 13.9. The third-order valence-corrected chi connectivity index (χ3v) is 4.47. The van der Waals surface area contributed by atoms with Crippen molar-refractivity contribution in [1.82, 2.24) is 4.90 Å². The lowest BCUT2D eigenvalue weighted by Crippen LogP contribution is -2.44. The molecule has 2 fully saturated rings. The van der Waals surface area contributed by atoms with E-state index < -0.39 is 29.7 Å². The van der Waals surface area contributed by atoms with E-state index in [-0.39, 0.29) is 30.4 Å². The highest BCUT2D eigenvalue weighted by Crippen LogP contribution is 2.34. The molecule has 0 radical (unpaired) electrons. The number of carbonyl (C=O) groups excluding carboxylic acids is 3. The van der Waals surface area contributed by atoms with E-state index in [1.54, 1.807) is 0 Å². The second-order valence-electron chi connectivity index (χ2n) is 5.73. The zero-order valence-electron chi connectivity index (χ0n) is 13.3. The molecule has 8 heteroatoms. The molecule has 128 valence electrons. The Morgan fingerprint density at radius 2 is 2.04 bits per heavy atom. The minimum Gasteiger partial charge on any atom is -0.494 e. The van der Waals surface area contributed by atoms with Gasteiger partial charge in [-0.25, -0.2) is 14.1 Å². The van der Waals surface area contributed by atoms with Crippen LogP contribution in [0, 0.1) is 11.7 Å². The Kier molecular flexibility index (Phi) is 4.13. The Balaban J connectivity index is 1.87. The number of ether oxygens (including phenoxy) is 2. The molecule has 0 aromatic heterocycles. The van der Waals surface area contributed by atoms with Gasteiger partial charge in [0.15, 0.2) is 11.6 Å². The molecule has 0 saturated carbocycles. The second kappa shape index (κ2) is 6.10. The average molecular weight is 336 g/mol. The van der Waals surface area contributed by atoms with Gasteiger partial charge in [0.05, 0.1) is 25.8 Å².